The summed E-state index contributed by atoms with van der Waals surface area (Å²) in [7, 11) is 0. The zero-order valence-corrected chi connectivity index (χ0v) is 36.1. The lowest BCUT2D eigenvalue weighted by atomic mass is 9.81. The second-order valence-corrected chi connectivity index (χ2v) is 16.6. The fourth-order valence-electron chi connectivity index (χ4n) is 8.74. The SMILES string of the molecule is c1ccc(COC[C@@H]2NCC[C@H](C[C@H]3O[C@H](COCc4ccccc4)[C@@H](OCc4ccccc4)[C@H](OCc4ccccc4)[C@H]3OCc3ccccc3)[C@H]2OCc2ccccc2)cc1. The molecule has 8 atom stereocenters. The van der Waals surface area contributed by atoms with Crippen LogP contribution in [0.4, 0.5) is 0 Å². The minimum Gasteiger partial charge on any atom is -0.375 e. The number of benzene rings is 6. The first-order valence-corrected chi connectivity index (χ1v) is 22.5. The van der Waals surface area contributed by atoms with Crippen LogP contribution in [0.15, 0.2) is 182 Å². The summed E-state index contributed by atoms with van der Waals surface area (Å²) in [6, 6.07) is 61.9. The predicted molar refractivity (Wildman–Crippen MR) is 245 cm³/mol. The molecule has 0 amide bonds. The molecule has 2 aliphatic rings. The van der Waals surface area contributed by atoms with Crippen molar-refractivity contribution in [2.75, 3.05) is 19.8 Å². The number of rotatable bonds is 22. The third kappa shape index (κ3) is 13.5. The van der Waals surface area contributed by atoms with E-state index in [0.29, 0.717) is 59.3 Å². The maximum Gasteiger partial charge on any atom is 0.115 e. The fourth-order valence-corrected chi connectivity index (χ4v) is 8.74. The van der Waals surface area contributed by atoms with Gasteiger partial charge in [0.1, 0.15) is 24.4 Å². The van der Waals surface area contributed by atoms with E-state index in [1.165, 1.54) is 0 Å². The Bertz CT molecular complexity index is 2130. The summed E-state index contributed by atoms with van der Waals surface area (Å²) in [5, 5.41) is 3.77. The van der Waals surface area contributed by atoms with Crippen molar-refractivity contribution in [3.63, 3.8) is 0 Å². The van der Waals surface area contributed by atoms with E-state index < -0.39 is 24.4 Å². The van der Waals surface area contributed by atoms with Gasteiger partial charge in [-0.05, 0) is 58.7 Å². The van der Waals surface area contributed by atoms with E-state index in [0.717, 1.165) is 46.3 Å². The number of hydrogen-bond donors (Lipinski definition) is 1. The molecule has 6 aromatic rings. The van der Waals surface area contributed by atoms with Gasteiger partial charge in [-0.1, -0.05) is 182 Å². The number of ether oxygens (including phenoxy) is 7. The third-order valence-corrected chi connectivity index (χ3v) is 12.0. The molecule has 2 fully saturated rings. The van der Waals surface area contributed by atoms with Crippen LogP contribution in [0.3, 0.4) is 0 Å². The molecule has 2 saturated heterocycles. The van der Waals surface area contributed by atoms with Gasteiger partial charge in [0.2, 0.25) is 0 Å². The first kappa shape index (κ1) is 44.6. The van der Waals surface area contributed by atoms with Crippen molar-refractivity contribution in [3.05, 3.63) is 215 Å². The average Bonchev–Trinajstić information content (AvgIpc) is 3.34. The van der Waals surface area contributed by atoms with E-state index in [2.05, 4.69) is 90.2 Å². The van der Waals surface area contributed by atoms with Gasteiger partial charge in [0, 0.05) is 0 Å². The first-order valence-electron chi connectivity index (χ1n) is 22.5. The highest BCUT2D eigenvalue weighted by Gasteiger charge is 2.50. The summed E-state index contributed by atoms with van der Waals surface area (Å²) >= 11 is 0. The molecule has 1 N–H and O–H groups in total. The Morgan fingerprint density at radius 3 is 1.16 bits per heavy atom. The molecule has 2 heterocycles. The Labute approximate surface area is 373 Å². The summed E-state index contributed by atoms with van der Waals surface area (Å²) in [4.78, 5) is 0. The van der Waals surface area contributed by atoms with Gasteiger partial charge >= 0.3 is 0 Å². The van der Waals surface area contributed by atoms with Crippen LogP contribution in [0, 0.1) is 5.92 Å². The van der Waals surface area contributed by atoms with Crippen molar-refractivity contribution in [2.24, 2.45) is 5.92 Å². The van der Waals surface area contributed by atoms with E-state index in [1.807, 2.05) is 97.1 Å². The molecular weight excluding hydrogens is 787 g/mol. The number of nitrogens with one attached hydrogen (secondary N) is 1. The molecule has 2 aliphatic heterocycles. The smallest absolute Gasteiger partial charge is 0.115 e. The van der Waals surface area contributed by atoms with Gasteiger partial charge in [-0.25, -0.2) is 0 Å². The van der Waals surface area contributed by atoms with Crippen LogP contribution in [0.2, 0.25) is 0 Å². The summed E-state index contributed by atoms with van der Waals surface area (Å²) in [5.41, 5.74) is 6.60. The summed E-state index contributed by atoms with van der Waals surface area (Å²) in [6.07, 6.45) is -0.853. The molecule has 0 radical (unpaired) electrons. The zero-order valence-electron chi connectivity index (χ0n) is 36.1. The topological polar surface area (TPSA) is 76.6 Å². The van der Waals surface area contributed by atoms with Crippen LogP contribution in [-0.4, -0.2) is 62.4 Å². The second kappa shape index (κ2) is 24.2. The van der Waals surface area contributed by atoms with Gasteiger partial charge in [0.05, 0.1) is 71.1 Å². The molecule has 0 unspecified atom stereocenters. The molecule has 0 aromatic heterocycles. The maximum atomic E-state index is 7.33. The summed E-state index contributed by atoms with van der Waals surface area (Å²) in [5.74, 6) is 0.121. The first-order chi connectivity index (χ1) is 31.2. The van der Waals surface area contributed by atoms with Gasteiger partial charge in [-0.3, -0.25) is 0 Å². The second-order valence-electron chi connectivity index (χ2n) is 16.6. The molecular formula is C55H61NO7. The van der Waals surface area contributed by atoms with Crippen molar-refractivity contribution in [3.8, 4) is 0 Å². The van der Waals surface area contributed by atoms with E-state index in [1.54, 1.807) is 0 Å². The van der Waals surface area contributed by atoms with Crippen molar-refractivity contribution < 1.29 is 33.2 Å². The fraction of sp³-hybridized carbons (Fsp3) is 0.345. The molecule has 0 bridgehead atoms. The largest absolute Gasteiger partial charge is 0.375 e. The maximum absolute atomic E-state index is 7.33. The Morgan fingerprint density at radius 1 is 0.381 bits per heavy atom. The molecule has 8 heteroatoms. The van der Waals surface area contributed by atoms with Crippen LogP contribution >= 0.6 is 0 Å². The predicted octanol–water partition coefficient (Wildman–Crippen LogP) is 9.90. The minimum atomic E-state index is -0.501. The zero-order chi connectivity index (χ0) is 42.7. The van der Waals surface area contributed by atoms with Crippen LogP contribution in [-0.2, 0) is 72.8 Å². The van der Waals surface area contributed by atoms with Gasteiger partial charge in [-0.15, -0.1) is 0 Å². The molecule has 0 spiro atoms. The van der Waals surface area contributed by atoms with E-state index in [-0.39, 0.29) is 24.2 Å². The molecule has 8 rings (SSSR count). The van der Waals surface area contributed by atoms with Crippen LogP contribution in [0.5, 0.6) is 0 Å². The van der Waals surface area contributed by atoms with E-state index in [4.69, 9.17) is 33.2 Å². The van der Waals surface area contributed by atoms with Gasteiger partial charge in [0.15, 0.2) is 0 Å². The van der Waals surface area contributed by atoms with Crippen LogP contribution < -0.4 is 5.32 Å². The summed E-state index contributed by atoms with van der Waals surface area (Å²) < 4.78 is 48.3. The van der Waals surface area contributed by atoms with Crippen LogP contribution in [0.25, 0.3) is 0 Å². The van der Waals surface area contributed by atoms with E-state index >= 15 is 0 Å². The third-order valence-electron chi connectivity index (χ3n) is 12.0. The highest BCUT2D eigenvalue weighted by Crippen LogP contribution is 2.37. The van der Waals surface area contributed by atoms with Gasteiger partial charge in [-0.2, -0.15) is 0 Å². The Balaban J connectivity index is 1.10. The number of piperidine rings is 1. The van der Waals surface area contributed by atoms with Crippen molar-refractivity contribution in [1.29, 1.82) is 0 Å². The van der Waals surface area contributed by atoms with Crippen molar-refractivity contribution in [2.45, 2.75) is 95.1 Å². The minimum absolute atomic E-state index is 0.0273. The lowest BCUT2D eigenvalue weighted by Gasteiger charge is -2.48. The van der Waals surface area contributed by atoms with Crippen molar-refractivity contribution >= 4 is 0 Å². The number of hydrogen-bond acceptors (Lipinski definition) is 8. The average molecular weight is 848 g/mol. The lowest BCUT2D eigenvalue weighted by Crippen LogP contribution is -2.62. The lowest BCUT2D eigenvalue weighted by molar-refractivity contribution is -0.276. The van der Waals surface area contributed by atoms with Crippen LogP contribution in [0.1, 0.15) is 46.2 Å². The van der Waals surface area contributed by atoms with Gasteiger partial charge < -0.3 is 38.5 Å². The van der Waals surface area contributed by atoms with Crippen molar-refractivity contribution in [1.82, 2.24) is 5.32 Å². The molecule has 8 nitrogen and oxygen atoms in total. The molecule has 0 aliphatic carbocycles. The molecule has 63 heavy (non-hydrogen) atoms. The van der Waals surface area contributed by atoms with Gasteiger partial charge in [0.25, 0.3) is 0 Å². The Hall–Kier alpha value is -5.00. The highest BCUT2D eigenvalue weighted by molar-refractivity contribution is 5.18. The van der Waals surface area contributed by atoms with E-state index in [9.17, 15) is 0 Å². The normalized spacial score (nSPS) is 23.6. The Morgan fingerprint density at radius 2 is 0.730 bits per heavy atom. The standard InChI is InChI=1S/C55H61NO7/c1-7-19-42(20-8-1)34-57-40-49-52(59-36-44-23-11-3-12-24-44)48(31-32-56-49)33-50-53(60-37-45-25-13-4-14-26-45)55(62-39-47-29-17-6-18-30-47)54(61-38-46-27-15-5-16-28-46)51(63-50)41-58-35-43-21-9-2-10-22-43/h1-30,48-56H,31-41H2/t48-,49+,50-,51-,52-,53+,54-,55-/m1/s1. The summed E-state index contributed by atoms with van der Waals surface area (Å²) in [6.45, 7) is 4.32. The monoisotopic (exact) mass is 847 g/mol. The molecule has 6 aromatic carbocycles. The molecule has 0 saturated carbocycles. The highest BCUT2D eigenvalue weighted by atomic mass is 16.6. The quantitative estimate of drug-likeness (QED) is 0.0724. The molecule has 328 valence electrons. The Kier molecular flexibility index (Phi) is 17.1.